The zero-order valence-electron chi connectivity index (χ0n) is 16.6. The third-order valence-electron chi connectivity index (χ3n) is 4.97. The van der Waals surface area contributed by atoms with Gasteiger partial charge in [0.2, 0.25) is 0 Å². The molecule has 1 atom stereocenters. The van der Waals surface area contributed by atoms with Crippen LogP contribution in [0.1, 0.15) is 25.5 Å². The molecule has 1 saturated heterocycles. The average molecular weight is 400 g/mol. The van der Waals surface area contributed by atoms with Gasteiger partial charge in [-0.1, -0.05) is 31.3 Å². The Balaban J connectivity index is 1.47. The molecule has 3 rings (SSSR count). The van der Waals surface area contributed by atoms with Gasteiger partial charge in [-0.15, -0.1) is 0 Å². The van der Waals surface area contributed by atoms with E-state index in [0.717, 1.165) is 71.3 Å². The Morgan fingerprint density at radius 2 is 2.07 bits per heavy atom. The number of aromatic amines is 1. The lowest BCUT2D eigenvalue weighted by molar-refractivity contribution is 0.237. The van der Waals surface area contributed by atoms with Gasteiger partial charge in [-0.25, -0.2) is 0 Å². The van der Waals surface area contributed by atoms with Gasteiger partial charge in [0.25, 0.3) is 0 Å². The van der Waals surface area contributed by atoms with Crippen LogP contribution in [0, 0.1) is 0 Å². The van der Waals surface area contributed by atoms with Gasteiger partial charge in [0.15, 0.2) is 0 Å². The minimum atomic E-state index is 0.358. The SMILES string of the molecule is C=C(C)NCC(=C)N1CCCC(NC(=C)NCc2cc3cc(Cl)ccc3[nH]2)C1. The van der Waals surface area contributed by atoms with Crippen molar-refractivity contribution in [3.8, 4) is 0 Å². The van der Waals surface area contributed by atoms with E-state index in [1.165, 1.54) is 0 Å². The maximum atomic E-state index is 6.06. The second kappa shape index (κ2) is 9.11. The molecule has 150 valence electrons. The molecular weight excluding hydrogens is 370 g/mol. The Hall–Kier alpha value is -2.53. The maximum absolute atomic E-state index is 6.06. The van der Waals surface area contributed by atoms with Crippen molar-refractivity contribution in [2.75, 3.05) is 19.6 Å². The van der Waals surface area contributed by atoms with Gasteiger partial charge in [-0.05, 0) is 44.0 Å². The summed E-state index contributed by atoms with van der Waals surface area (Å²) in [5, 5.41) is 12.0. The van der Waals surface area contributed by atoms with Gasteiger partial charge < -0.3 is 25.8 Å². The topological polar surface area (TPSA) is 55.1 Å². The van der Waals surface area contributed by atoms with Gasteiger partial charge in [-0.3, -0.25) is 0 Å². The molecule has 1 aliphatic heterocycles. The Bertz CT molecular complexity index is 869. The first-order chi connectivity index (χ1) is 13.4. The van der Waals surface area contributed by atoms with E-state index in [9.17, 15) is 0 Å². The van der Waals surface area contributed by atoms with E-state index in [1.807, 2.05) is 25.1 Å². The number of nitrogens with one attached hydrogen (secondary N) is 4. The summed E-state index contributed by atoms with van der Waals surface area (Å²) in [6, 6.07) is 8.34. The predicted molar refractivity (Wildman–Crippen MR) is 119 cm³/mol. The summed E-state index contributed by atoms with van der Waals surface area (Å²) >= 11 is 6.06. The van der Waals surface area contributed by atoms with E-state index in [4.69, 9.17) is 11.6 Å². The molecule has 0 saturated carbocycles. The van der Waals surface area contributed by atoms with Gasteiger partial charge >= 0.3 is 0 Å². The van der Waals surface area contributed by atoms with Crippen LogP contribution >= 0.6 is 11.6 Å². The summed E-state index contributed by atoms with van der Waals surface area (Å²) in [7, 11) is 0. The molecule has 0 aliphatic carbocycles. The molecule has 28 heavy (non-hydrogen) atoms. The molecule has 6 heteroatoms. The number of benzene rings is 1. The number of H-pyrrole nitrogens is 1. The molecule has 0 amide bonds. The zero-order valence-corrected chi connectivity index (χ0v) is 17.3. The Morgan fingerprint density at radius 3 is 2.86 bits per heavy atom. The summed E-state index contributed by atoms with van der Waals surface area (Å²) in [6.45, 7) is 17.6. The summed E-state index contributed by atoms with van der Waals surface area (Å²) in [5.41, 5.74) is 4.25. The zero-order chi connectivity index (χ0) is 20.1. The largest absolute Gasteiger partial charge is 0.384 e. The van der Waals surface area contributed by atoms with E-state index in [-0.39, 0.29) is 0 Å². The lowest BCUT2D eigenvalue weighted by atomic mass is 10.1. The third-order valence-corrected chi connectivity index (χ3v) is 5.21. The molecule has 1 unspecified atom stereocenters. The first-order valence-corrected chi connectivity index (χ1v) is 10.1. The molecule has 0 bridgehead atoms. The Kier molecular flexibility index (Phi) is 6.57. The number of hydrogen-bond donors (Lipinski definition) is 4. The van der Waals surface area contributed by atoms with Crippen molar-refractivity contribution < 1.29 is 0 Å². The molecule has 0 spiro atoms. The van der Waals surface area contributed by atoms with Crippen molar-refractivity contribution in [1.82, 2.24) is 25.8 Å². The maximum Gasteiger partial charge on any atom is 0.0918 e. The molecule has 0 radical (unpaired) electrons. The second-order valence-corrected chi connectivity index (χ2v) is 7.92. The van der Waals surface area contributed by atoms with Crippen LogP contribution in [0.4, 0.5) is 0 Å². The molecule has 1 aromatic carbocycles. The lowest BCUT2D eigenvalue weighted by Gasteiger charge is -2.36. The van der Waals surface area contributed by atoms with Crippen LogP contribution in [0.25, 0.3) is 10.9 Å². The first kappa shape index (κ1) is 20.2. The number of allylic oxidation sites excluding steroid dienone is 1. The van der Waals surface area contributed by atoms with E-state index < -0.39 is 0 Å². The minimum absolute atomic E-state index is 0.358. The monoisotopic (exact) mass is 399 g/mol. The number of rotatable bonds is 9. The summed E-state index contributed by atoms with van der Waals surface area (Å²) in [4.78, 5) is 5.74. The fourth-order valence-electron chi connectivity index (χ4n) is 3.51. The number of halogens is 1. The van der Waals surface area contributed by atoms with Crippen LogP contribution in [0.5, 0.6) is 0 Å². The quantitative estimate of drug-likeness (QED) is 0.513. The molecule has 4 N–H and O–H groups in total. The van der Waals surface area contributed by atoms with Gasteiger partial charge in [-0.2, -0.15) is 0 Å². The standard InChI is InChI=1S/C22H30ClN5/c1-15(2)24-12-16(3)28-9-5-6-20(14-28)26-17(4)25-13-21-11-18-10-19(23)7-8-22(18)27-21/h7-8,10-11,20,24-27H,1,3-6,9,12-14H2,2H3. The molecule has 5 nitrogen and oxygen atoms in total. The van der Waals surface area contributed by atoms with Gasteiger partial charge in [0.05, 0.1) is 18.9 Å². The van der Waals surface area contributed by atoms with Crippen molar-refractivity contribution in [2.24, 2.45) is 0 Å². The van der Waals surface area contributed by atoms with Crippen molar-refractivity contribution in [2.45, 2.75) is 32.4 Å². The highest BCUT2D eigenvalue weighted by Gasteiger charge is 2.20. The number of fused-ring (bicyclic) bond motifs is 1. The normalized spacial score (nSPS) is 16.6. The van der Waals surface area contributed by atoms with Gasteiger partial charge in [0, 0.05) is 52.1 Å². The van der Waals surface area contributed by atoms with E-state index in [2.05, 4.69) is 51.6 Å². The average Bonchev–Trinajstić information content (AvgIpc) is 3.06. The van der Waals surface area contributed by atoms with E-state index >= 15 is 0 Å². The Morgan fingerprint density at radius 1 is 1.25 bits per heavy atom. The molecule has 1 aliphatic rings. The third kappa shape index (κ3) is 5.49. The number of nitrogens with zero attached hydrogens (tertiary/aromatic N) is 1. The van der Waals surface area contributed by atoms with Crippen LogP contribution in [-0.2, 0) is 6.54 Å². The van der Waals surface area contributed by atoms with Crippen LogP contribution in [-0.4, -0.2) is 35.6 Å². The minimum Gasteiger partial charge on any atom is -0.384 e. The van der Waals surface area contributed by atoms with Crippen LogP contribution in [0.2, 0.25) is 5.02 Å². The molecule has 1 fully saturated rings. The van der Waals surface area contributed by atoms with Crippen LogP contribution in [0.3, 0.4) is 0 Å². The summed E-state index contributed by atoms with van der Waals surface area (Å²) in [6.07, 6.45) is 2.27. The fraction of sp³-hybridized carbons (Fsp3) is 0.364. The van der Waals surface area contributed by atoms with E-state index in [0.29, 0.717) is 12.6 Å². The molecular formula is C22H30ClN5. The highest BCUT2D eigenvalue weighted by Crippen LogP contribution is 2.20. The number of aromatic nitrogens is 1. The van der Waals surface area contributed by atoms with Crippen molar-refractivity contribution in [3.05, 3.63) is 71.9 Å². The Labute approximate surface area is 172 Å². The number of likely N-dealkylation sites (tertiary alicyclic amines) is 1. The summed E-state index contributed by atoms with van der Waals surface area (Å²) < 4.78 is 0. The summed E-state index contributed by atoms with van der Waals surface area (Å²) in [5.74, 6) is 0.842. The van der Waals surface area contributed by atoms with Crippen LogP contribution in [0.15, 0.2) is 61.2 Å². The lowest BCUT2D eigenvalue weighted by Crippen LogP contribution is -2.47. The van der Waals surface area contributed by atoms with E-state index in [1.54, 1.807) is 0 Å². The predicted octanol–water partition coefficient (Wildman–Crippen LogP) is 4.07. The van der Waals surface area contributed by atoms with Crippen molar-refractivity contribution in [1.29, 1.82) is 0 Å². The van der Waals surface area contributed by atoms with Crippen molar-refractivity contribution >= 4 is 22.5 Å². The number of piperidine rings is 1. The smallest absolute Gasteiger partial charge is 0.0918 e. The number of hydrogen-bond acceptors (Lipinski definition) is 4. The second-order valence-electron chi connectivity index (χ2n) is 7.49. The molecule has 2 aromatic rings. The molecule has 2 heterocycles. The highest BCUT2D eigenvalue weighted by molar-refractivity contribution is 6.31. The van der Waals surface area contributed by atoms with Crippen LogP contribution < -0.4 is 16.0 Å². The fourth-order valence-corrected chi connectivity index (χ4v) is 3.69. The first-order valence-electron chi connectivity index (χ1n) is 9.69. The van der Waals surface area contributed by atoms with Crippen molar-refractivity contribution in [3.63, 3.8) is 0 Å². The highest BCUT2D eigenvalue weighted by atomic mass is 35.5. The van der Waals surface area contributed by atoms with Gasteiger partial charge in [0.1, 0.15) is 0 Å². The molecule has 1 aromatic heterocycles.